The number of nitrogens with zero attached hydrogens (tertiary/aromatic N) is 1. The number of benzene rings is 2. The first-order chi connectivity index (χ1) is 10.1. The van der Waals surface area contributed by atoms with E-state index in [0.717, 1.165) is 11.1 Å². The summed E-state index contributed by atoms with van der Waals surface area (Å²) in [5.41, 5.74) is 2.47. The summed E-state index contributed by atoms with van der Waals surface area (Å²) >= 11 is 3.24. The molecule has 0 spiro atoms. The molecule has 21 heavy (non-hydrogen) atoms. The first-order valence-electron chi connectivity index (χ1n) is 6.20. The minimum absolute atomic E-state index is 0.142. The summed E-state index contributed by atoms with van der Waals surface area (Å²) in [5.74, 6) is -0.346. The molecule has 0 atom stereocenters. The summed E-state index contributed by atoms with van der Waals surface area (Å²) in [5, 5.41) is 13.3. The molecule has 0 radical (unpaired) electrons. The molecule has 0 saturated carbocycles. The molecule has 1 aliphatic rings. The van der Waals surface area contributed by atoms with Crippen molar-refractivity contribution in [1.82, 2.24) is 0 Å². The van der Waals surface area contributed by atoms with Crippen LogP contribution in [0.4, 0.5) is 0 Å². The van der Waals surface area contributed by atoms with Gasteiger partial charge >= 0.3 is 5.97 Å². The molecule has 0 fully saturated rings. The van der Waals surface area contributed by atoms with Gasteiger partial charge in [-0.25, -0.2) is 4.79 Å². The highest BCUT2D eigenvalue weighted by molar-refractivity contribution is 9.10. The van der Waals surface area contributed by atoms with Crippen LogP contribution in [0.15, 0.2) is 63.7 Å². The molecular formula is C16H10BrNO3. The van der Waals surface area contributed by atoms with Crippen LogP contribution in [0.1, 0.15) is 11.1 Å². The van der Waals surface area contributed by atoms with Gasteiger partial charge in [-0.05, 0) is 39.7 Å². The van der Waals surface area contributed by atoms with Gasteiger partial charge in [-0.2, -0.15) is 0 Å². The highest BCUT2D eigenvalue weighted by atomic mass is 79.9. The minimum Gasteiger partial charge on any atom is -0.507 e. The maximum Gasteiger partial charge on any atom is 0.368 e. The van der Waals surface area contributed by atoms with Crippen molar-refractivity contribution >= 4 is 33.7 Å². The lowest BCUT2D eigenvalue weighted by atomic mass is 10.0. The van der Waals surface area contributed by atoms with Crippen molar-refractivity contribution in [2.24, 2.45) is 5.16 Å². The van der Waals surface area contributed by atoms with Crippen molar-refractivity contribution < 1.29 is 14.7 Å². The van der Waals surface area contributed by atoms with Gasteiger partial charge in [0.1, 0.15) is 11.5 Å². The van der Waals surface area contributed by atoms with Crippen LogP contribution in [0, 0.1) is 0 Å². The second-order valence-electron chi connectivity index (χ2n) is 4.45. The first-order valence-corrected chi connectivity index (χ1v) is 7.00. The lowest BCUT2D eigenvalue weighted by Gasteiger charge is -2.02. The van der Waals surface area contributed by atoms with Gasteiger partial charge in [0, 0.05) is 5.56 Å². The van der Waals surface area contributed by atoms with Crippen molar-refractivity contribution in [3.05, 3.63) is 69.7 Å². The van der Waals surface area contributed by atoms with Crippen molar-refractivity contribution in [2.75, 3.05) is 0 Å². The largest absolute Gasteiger partial charge is 0.507 e. The number of hydrogen-bond donors (Lipinski definition) is 1. The number of oxime groups is 1. The Bertz CT molecular complexity index is 766. The molecule has 0 bridgehead atoms. The summed E-state index contributed by atoms with van der Waals surface area (Å²) in [7, 11) is 0. The Morgan fingerprint density at radius 3 is 2.62 bits per heavy atom. The summed E-state index contributed by atoms with van der Waals surface area (Å²) in [4.78, 5) is 16.6. The fraction of sp³-hybridized carbons (Fsp3) is 0. The number of carbonyl (C=O) groups excluding carboxylic acids is 1. The molecule has 1 N–H and O–H groups in total. The standard InChI is InChI=1S/C16H10BrNO3/c17-13-9-10(6-7-14(13)19)8-12-15(18-21-16(12)20)11-4-2-1-3-5-11/h1-9,19H/b12-8-. The fourth-order valence-corrected chi connectivity index (χ4v) is 2.39. The highest BCUT2D eigenvalue weighted by Gasteiger charge is 2.26. The zero-order valence-electron chi connectivity index (χ0n) is 10.8. The molecule has 0 aromatic heterocycles. The van der Waals surface area contributed by atoms with E-state index in [2.05, 4.69) is 21.1 Å². The van der Waals surface area contributed by atoms with E-state index in [1.54, 1.807) is 24.3 Å². The Morgan fingerprint density at radius 2 is 1.90 bits per heavy atom. The van der Waals surface area contributed by atoms with E-state index in [4.69, 9.17) is 4.84 Å². The topological polar surface area (TPSA) is 58.9 Å². The number of phenols is 1. The molecule has 0 unspecified atom stereocenters. The number of carbonyl (C=O) groups is 1. The van der Waals surface area contributed by atoms with Crippen LogP contribution >= 0.6 is 15.9 Å². The van der Waals surface area contributed by atoms with Crippen molar-refractivity contribution in [2.45, 2.75) is 0 Å². The quantitative estimate of drug-likeness (QED) is 0.670. The zero-order chi connectivity index (χ0) is 14.8. The van der Waals surface area contributed by atoms with Gasteiger partial charge in [0.2, 0.25) is 0 Å². The van der Waals surface area contributed by atoms with Crippen molar-refractivity contribution in [1.29, 1.82) is 0 Å². The molecule has 2 aromatic carbocycles. The van der Waals surface area contributed by atoms with Crippen LogP contribution in [0.5, 0.6) is 5.75 Å². The normalized spacial score (nSPS) is 16.0. The smallest absolute Gasteiger partial charge is 0.368 e. The summed E-state index contributed by atoms with van der Waals surface area (Å²) in [6, 6.07) is 14.3. The van der Waals surface area contributed by atoms with E-state index >= 15 is 0 Å². The van der Waals surface area contributed by atoms with E-state index in [1.165, 1.54) is 0 Å². The van der Waals surface area contributed by atoms with E-state index in [0.29, 0.717) is 15.8 Å². The maximum absolute atomic E-state index is 11.8. The van der Waals surface area contributed by atoms with Crippen LogP contribution in [0.2, 0.25) is 0 Å². The summed E-state index contributed by atoms with van der Waals surface area (Å²) < 4.78 is 0.557. The molecular weight excluding hydrogens is 334 g/mol. The molecule has 3 rings (SSSR count). The van der Waals surface area contributed by atoms with Crippen molar-refractivity contribution in [3.63, 3.8) is 0 Å². The Kier molecular flexibility index (Phi) is 3.58. The molecule has 0 aliphatic carbocycles. The van der Waals surface area contributed by atoms with E-state index in [-0.39, 0.29) is 5.75 Å². The average Bonchev–Trinajstić information content (AvgIpc) is 2.85. The molecule has 0 saturated heterocycles. The number of hydrogen-bond acceptors (Lipinski definition) is 4. The third kappa shape index (κ3) is 2.73. The fourth-order valence-electron chi connectivity index (χ4n) is 1.99. The molecule has 2 aromatic rings. The molecule has 5 heteroatoms. The van der Waals surface area contributed by atoms with Crippen LogP contribution < -0.4 is 0 Å². The van der Waals surface area contributed by atoms with E-state index in [1.807, 2.05) is 30.3 Å². The van der Waals surface area contributed by atoms with Gasteiger partial charge in [-0.15, -0.1) is 0 Å². The molecule has 1 aliphatic heterocycles. The molecule has 104 valence electrons. The lowest BCUT2D eigenvalue weighted by Crippen LogP contribution is -2.06. The zero-order valence-corrected chi connectivity index (χ0v) is 12.4. The third-order valence-electron chi connectivity index (χ3n) is 3.02. The minimum atomic E-state index is -0.488. The lowest BCUT2D eigenvalue weighted by molar-refractivity contribution is -0.136. The summed E-state index contributed by atoms with van der Waals surface area (Å²) in [6.07, 6.45) is 1.69. The van der Waals surface area contributed by atoms with Crippen molar-refractivity contribution in [3.8, 4) is 5.75 Å². The predicted octanol–water partition coefficient (Wildman–Crippen LogP) is 3.50. The van der Waals surface area contributed by atoms with Gasteiger partial charge in [0.05, 0.1) is 10.0 Å². The Hall–Kier alpha value is -2.40. The van der Waals surface area contributed by atoms with Crippen LogP contribution in [-0.4, -0.2) is 16.8 Å². The van der Waals surface area contributed by atoms with Crippen LogP contribution in [0.25, 0.3) is 6.08 Å². The van der Waals surface area contributed by atoms with Gasteiger partial charge < -0.3 is 9.94 Å². The van der Waals surface area contributed by atoms with Crippen LogP contribution in [0.3, 0.4) is 0 Å². The number of aromatic hydroxyl groups is 1. The summed E-state index contributed by atoms with van der Waals surface area (Å²) in [6.45, 7) is 0. The van der Waals surface area contributed by atoms with Gasteiger partial charge in [-0.3, -0.25) is 0 Å². The Labute approximate surface area is 129 Å². The predicted molar refractivity (Wildman–Crippen MR) is 82.9 cm³/mol. The molecule has 4 nitrogen and oxygen atoms in total. The number of phenolic OH excluding ortho intramolecular Hbond substituents is 1. The van der Waals surface area contributed by atoms with Gasteiger partial charge in [-0.1, -0.05) is 41.6 Å². The second kappa shape index (κ2) is 5.54. The Balaban J connectivity index is 2.02. The SMILES string of the molecule is O=C1ON=C(c2ccccc2)/C1=C/c1ccc(O)c(Br)c1. The monoisotopic (exact) mass is 343 g/mol. The number of rotatable bonds is 2. The van der Waals surface area contributed by atoms with Gasteiger partial charge in [0.15, 0.2) is 0 Å². The first kappa shape index (κ1) is 13.6. The third-order valence-corrected chi connectivity index (χ3v) is 3.66. The number of halogens is 1. The second-order valence-corrected chi connectivity index (χ2v) is 5.31. The average molecular weight is 344 g/mol. The molecule has 0 amide bonds. The van der Waals surface area contributed by atoms with E-state index in [9.17, 15) is 9.90 Å². The van der Waals surface area contributed by atoms with E-state index < -0.39 is 5.97 Å². The molecule has 1 heterocycles. The maximum atomic E-state index is 11.8. The van der Waals surface area contributed by atoms with Gasteiger partial charge in [0.25, 0.3) is 0 Å². The highest BCUT2D eigenvalue weighted by Crippen LogP contribution is 2.27. The van der Waals surface area contributed by atoms with Crippen LogP contribution in [-0.2, 0) is 9.63 Å². The Morgan fingerprint density at radius 1 is 1.14 bits per heavy atom.